The molecule has 62 valence electrons. The second kappa shape index (κ2) is 1.97. The number of rotatable bonds is 0. The molecule has 3 rings (SSSR count). The van der Waals surface area contributed by atoms with Crippen LogP contribution in [0.5, 0.6) is 0 Å². The Morgan fingerprint density at radius 2 is 2.27 bits per heavy atom. The van der Waals surface area contributed by atoms with E-state index < -0.39 is 0 Å². The van der Waals surface area contributed by atoms with Gasteiger partial charge in [-0.2, -0.15) is 0 Å². The van der Waals surface area contributed by atoms with Crippen molar-refractivity contribution in [2.45, 2.75) is 43.9 Å². The van der Waals surface area contributed by atoms with Crippen molar-refractivity contribution < 1.29 is 14.2 Å². The summed E-state index contributed by atoms with van der Waals surface area (Å²) in [4.78, 5) is 0. The van der Waals surface area contributed by atoms with Crippen molar-refractivity contribution in [3.63, 3.8) is 0 Å². The van der Waals surface area contributed by atoms with Gasteiger partial charge in [0.25, 0.3) is 0 Å². The molecule has 0 N–H and O–H groups in total. The lowest BCUT2D eigenvalue weighted by molar-refractivity contribution is -0.145. The van der Waals surface area contributed by atoms with E-state index in [4.69, 9.17) is 14.2 Å². The second-order valence-corrected chi connectivity index (χ2v) is 3.59. The summed E-state index contributed by atoms with van der Waals surface area (Å²) in [6, 6.07) is 0. The SMILES string of the molecule is C1CC2OC3OCCC3(C1)O2. The molecule has 0 aromatic carbocycles. The van der Waals surface area contributed by atoms with Gasteiger partial charge in [0.15, 0.2) is 12.6 Å². The van der Waals surface area contributed by atoms with Gasteiger partial charge in [-0.1, -0.05) is 0 Å². The molecular formula is C8H12O3. The van der Waals surface area contributed by atoms with Crippen LogP contribution >= 0.6 is 0 Å². The zero-order chi connectivity index (χ0) is 7.31. The fourth-order valence-electron chi connectivity index (χ4n) is 2.31. The maximum atomic E-state index is 5.76. The Morgan fingerprint density at radius 1 is 1.27 bits per heavy atom. The van der Waals surface area contributed by atoms with Gasteiger partial charge in [0.2, 0.25) is 0 Å². The van der Waals surface area contributed by atoms with E-state index in [0.29, 0.717) is 0 Å². The summed E-state index contributed by atoms with van der Waals surface area (Å²) in [5.74, 6) is 0. The van der Waals surface area contributed by atoms with Gasteiger partial charge in [0.05, 0.1) is 6.61 Å². The van der Waals surface area contributed by atoms with E-state index in [1.165, 1.54) is 6.42 Å². The molecular weight excluding hydrogens is 144 g/mol. The number of hydrogen-bond acceptors (Lipinski definition) is 3. The molecule has 3 heterocycles. The van der Waals surface area contributed by atoms with Gasteiger partial charge in [-0.25, -0.2) is 0 Å². The third kappa shape index (κ3) is 0.736. The number of hydrogen-bond donors (Lipinski definition) is 0. The summed E-state index contributed by atoms with van der Waals surface area (Å²) in [6.07, 6.45) is 4.40. The maximum Gasteiger partial charge on any atom is 0.189 e. The van der Waals surface area contributed by atoms with Gasteiger partial charge in [-0.3, -0.25) is 0 Å². The molecule has 2 bridgehead atoms. The minimum Gasteiger partial charge on any atom is -0.349 e. The van der Waals surface area contributed by atoms with E-state index in [2.05, 4.69) is 0 Å². The quantitative estimate of drug-likeness (QED) is 0.524. The van der Waals surface area contributed by atoms with Crippen molar-refractivity contribution in [1.29, 1.82) is 0 Å². The molecule has 3 saturated heterocycles. The predicted octanol–water partition coefficient (Wildman–Crippen LogP) is 1.03. The Labute approximate surface area is 65.6 Å². The first kappa shape index (κ1) is 6.40. The maximum absolute atomic E-state index is 5.76. The smallest absolute Gasteiger partial charge is 0.189 e. The van der Waals surface area contributed by atoms with Gasteiger partial charge in [-0.15, -0.1) is 0 Å². The Hall–Kier alpha value is -0.120. The molecule has 3 atom stereocenters. The largest absolute Gasteiger partial charge is 0.349 e. The molecule has 3 unspecified atom stereocenters. The number of ether oxygens (including phenoxy) is 3. The van der Waals surface area contributed by atoms with Gasteiger partial charge in [0.1, 0.15) is 5.60 Å². The molecule has 0 amide bonds. The van der Waals surface area contributed by atoms with Crippen molar-refractivity contribution >= 4 is 0 Å². The highest BCUT2D eigenvalue weighted by Gasteiger charge is 2.55. The third-order valence-corrected chi connectivity index (χ3v) is 2.91. The highest BCUT2D eigenvalue weighted by molar-refractivity contribution is 4.96. The zero-order valence-electron chi connectivity index (χ0n) is 6.41. The summed E-state index contributed by atoms with van der Waals surface area (Å²) in [5.41, 5.74) is -0.0388. The van der Waals surface area contributed by atoms with E-state index >= 15 is 0 Å². The van der Waals surface area contributed by atoms with Crippen LogP contribution in [0.25, 0.3) is 0 Å². The lowest BCUT2D eigenvalue weighted by Gasteiger charge is -2.28. The van der Waals surface area contributed by atoms with Crippen molar-refractivity contribution in [2.75, 3.05) is 6.61 Å². The molecule has 3 heteroatoms. The average Bonchev–Trinajstić information content (AvgIpc) is 2.43. The molecule has 3 aliphatic heterocycles. The van der Waals surface area contributed by atoms with Crippen molar-refractivity contribution in [2.24, 2.45) is 0 Å². The summed E-state index contributed by atoms with van der Waals surface area (Å²) >= 11 is 0. The van der Waals surface area contributed by atoms with Crippen LogP contribution in [0.3, 0.4) is 0 Å². The van der Waals surface area contributed by atoms with Gasteiger partial charge >= 0.3 is 0 Å². The topological polar surface area (TPSA) is 27.7 Å². The fraction of sp³-hybridized carbons (Fsp3) is 1.00. The summed E-state index contributed by atoms with van der Waals surface area (Å²) in [7, 11) is 0. The minimum atomic E-state index is -0.0463. The third-order valence-electron chi connectivity index (χ3n) is 2.91. The molecule has 3 fully saturated rings. The second-order valence-electron chi connectivity index (χ2n) is 3.59. The molecule has 0 aliphatic carbocycles. The van der Waals surface area contributed by atoms with Crippen LogP contribution in [0, 0.1) is 0 Å². The summed E-state index contributed by atoms with van der Waals surface area (Å²) in [6.45, 7) is 0.803. The van der Waals surface area contributed by atoms with E-state index in [1.54, 1.807) is 0 Å². The van der Waals surface area contributed by atoms with Crippen LogP contribution in [-0.4, -0.2) is 24.8 Å². The molecule has 3 aliphatic rings. The molecule has 0 saturated carbocycles. The van der Waals surface area contributed by atoms with Crippen LogP contribution in [0.4, 0.5) is 0 Å². The lowest BCUT2D eigenvalue weighted by atomic mass is 9.93. The molecule has 0 radical (unpaired) electrons. The standard InChI is InChI=1S/C8H12O3/c1-2-6-10-7-8(3-1,11-6)4-5-9-7/h6-7H,1-5H2. The van der Waals surface area contributed by atoms with E-state index in [1.807, 2.05) is 0 Å². The zero-order valence-corrected chi connectivity index (χ0v) is 6.41. The average molecular weight is 156 g/mol. The van der Waals surface area contributed by atoms with Crippen LogP contribution in [0.1, 0.15) is 25.7 Å². The molecule has 0 aromatic heterocycles. The van der Waals surface area contributed by atoms with Gasteiger partial charge in [0, 0.05) is 6.42 Å². The first-order valence-electron chi connectivity index (χ1n) is 4.34. The van der Waals surface area contributed by atoms with Crippen LogP contribution in [0.15, 0.2) is 0 Å². The van der Waals surface area contributed by atoms with Crippen LogP contribution in [0.2, 0.25) is 0 Å². The van der Waals surface area contributed by atoms with Crippen LogP contribution in [-0.2, 0) is 14.2 Å². The Kier molecular flexibility index (Phi) is 1.15. The minimum absolute atomic E-state index is 0.0362. The van der Waals surface area contributed by atoms with Gasteiger partial charge in [-0.05, 0) is 19.3 Å². The fourth-order valence-corrected chi connectivity index (χ4v) is 2.31. The molecule has 3 nitrogen and oxygen atoms in total. The Balaban J connectivity index is 1.94. The first-order chi connectivity index (χ1) is 5.39. The summed E-state index contributed by atoms with van der Waals surface area (Å²) < 4.78 is 16.8. The Morgan fingerprint density at radius 3 is 3.27 bits per heavy atom. The van der Waals surface area contributed by atoms with E-state index in [0.717, 1.165) is 25.9 Å². The van der Waals surface area contributed by atoms with Gasteiger partial charge < -0.3 is 14.2 Å². The van der Waals surface area contributed by atoms with Crippen molar-refractivity contribution in [3.05, 3.63) is 0 Å². The highest BCUT2D eigenvalue weighted by Crippen LogP contribution is 2.46. The number of fused-ring (bicyclic) bond motifs is 1. The predicted molar refractivity (Wildman–Crippen MR) is 36.9 cm³/mol. The van der Waals surface area contributed by atoms with E-state index in [9.17, 15) is 0 Å². The lowest BCUT2D eigenvalue weighted by Crippen LogP contribution is -2.37. The van der Waals surface area contributed by atoms with E-state index in [-0.39, 0.29) is 18.2 Å². The molecule has 1 spiro atoms. The van der Waals surface area contributed by atoms with Crippen LogP contribution < -0.4 is 0 Å². The Bertz CT molecular complexity index is 182. The van der Waals surface area contributed by atoms with Crippen molar-refractivity contribution in [3.8, 4) is 0 Å². The summed E-state index contributed by atoms with van der Waals surface area (Å²) in [5, 5.41) is 0. The molecule has 0 aromatic rings. The first-order valence-corrected chi connectivity index (χ1v) is 4.34. The highest BCUT2D eigenvalue weighted by atomic mass is 16.8. The van der Waals surface area contributed by atoms with Crippen molar-refractivity contribution in [1.82, 2.24) is 0 Å². The molecule has 11 heavy (non-hydrogen) atoms. The monoisotopic (exact) mass is 156 g/mol. The normalized spacial score (nSPS) is 54.5.